The van der Waals surface area contributed by atoms with Crippen molar-refractivity contribution >= 4 is 28.9 Å². The molecule has 1 aliphatic heterocycles. The lowest BCUT2D eigenvalue weighted by Gasteiger charge is -2.36. The van der Waals surface area contributed by atoms with E-state index in [0.29, 0.717) is 9.75 Å². The van der Waals surface area contributed by atoms with Crippen LogP contribution in [0.1, 0.15) is 37.9 Å². The number of methoxy groups -OCH3 is 1. The van der Waals surface area contributed by atoms with Gasteiger partial charge in [0.15, 0.2) is 0 Å². The van der Waals surface area contributed by atoms with Crippen LogP contribution in [-0.2, 0) is 4.74 Å². The first-order chi connectivity index (χ1) is 13.4. The Hall–Kier alpha value is -2.45. The minimum Gasteiger partial charge on any atom is -0.465 e. The zero-order valence-corrected chi connectivity index (χ0v) is 17.0. The number of benzene rings is 1. The number of carbonyl (C=O) groups is 2. The van der Waals surface area contributed by atoms with E-state index in [9.17, 15) is 14.0 Å². The van der Waals surface area contributed by atoms with Gasteiger partial charge in [0.25, 0.3) is 5.91 Å². The molecule has 1 atom stereocenters. The normalized spacial score (nSPS) is 15.9. The molecule has 1 amide bonds. The molecule has 1 unspecified atom stereocenters. The van der Waals surface area contributed by atoms with Gasteiger partial charge in [0, 0.05) is 37.4 Å². The van der Waals surface area contributed by atoms with Crippen LogP contribution >= 0.6 is 11.3 Å². The third-order valence-corrected chi connectivity index (χ3v) is 5.93. The van der Waals surface area contributed by atoms with E-state index in [1.54, 1.807) is 18.2 Å². The first kappa shape index (κ1) is 20.3. The van der Waals surface area contributed by atoms with E-state index in [1.807, 2.05) is 6.92 Å². The number of thiophene rings is 1. The summed E-state index contributed by atoms with van der Waals surface area (Å²) in [5.41, 5.74) is 1.67. The van der Waals surface area contributed by atoms with Crippen LogP contribution < -0.4 is 10.2 Å². The van der Waals surface area contributed by atoms with Crippen molar-refractivity contribution < 1.29 is 18.7 Å². The Morgan fingerprint density at radius 2 is 1.82 bits per heavy atom. The fraction of sp³-hybridized carbons (Fsp3) is 0.400. The fourth-order valence-corrected chi connectivity index (χ4v) is 4.05. The maximum Gasteiger partial charge on any atom is 0.348 e. The van der Waals surface area contributed by atoms with Gasteiger partial charge in [0.1, 0.15) is 10.7 Å². The molecule has 150 valence electrons. The van der Waals surface area contributed by atoms with Crippen LogP contribution in [0.5, 0.6) is 0 Å². The summed E-state index contributed by atoms with van der Waals surface area (Å²) in [4.78, 5) is 29.4. The van der Waals surface area contributed by atoms with Crippen molar-refractivity contribution in [1.82, 2.24) is 10.2 Å². The van der Waals surface area contributed by atoms with Crippen molar-refractivity contribution in [2.45, 2.75) is 13.0 Å². The van der Waals surface area contributed by atoms with Crippen LogP contribution in [-0.4, -0.2) is 57.1 Å². The predicted octanol–water partition coefficient (Wildman–Crippen LogP) is 2.92. The number of halogens is 1. The quantitative estimate of drug-likeness (QED) is 0.775. The lowest BCUT2D eigenvalue weighted by atomic mass is 10.0. The maximum absolute atomic E-state index is 13.9. The van der Waals surface area contributed by atoms with Crippen LogP contribution in [0.15, 0.2) is 30.3 Å². The molecule has 6 nitrogen and oxygen atoms in total. The Balaban J connectivity index is 1.77. The molecule has 0 spiro atoms. The summed E-state index contributed by atoms with van der Waals surface area (Å²) < 4.78 is 18.6. The van der Waals surface area contributed by atoms with Crippen molar-refractivity contribution in [3.8, 4) is 0 Å². The second-order valence-corrected chi connectivity index (χ2v) is 7.93. The van der Waals surface area contributed by atoms with E-state index in [0.717, 1.165) is 48.8 Å². The number of anilines is 1. The van der Waals surface area contributed by atoms with E-state index in [2.05, 4.69) is 26.9 Å². The number of hydrogen-bond acceptors (Lipinski definition) is 6. The summed E-state index contributed by atoms with van der Waals surface area (Å²) in [6.45, 7) is 5.40. The van der Waals surface area contributed by atoms with Crippen molar-refractivity contribution in [2.24, 2.45) is 0 Å². The zero-order chi connectivity index (χ0) is 20.3. The van der Waals surface area contributed by atoms with Crippen molar-refractivity contribution in [1.29, 1.82) is 0 Å². The average molecular weight is 405 g/mol. The summed E-state index contributed by atoms with van der Waals surface area (Å²) in [6.07, 6.45) is 0. The highest BCUT2D eigenvalue weighted by Gasteiger charge is 2.22. The molecular formula is C20H24FN3O3S. The number of carbonyl (C=O) groups excluding carboxylic acids is 2. The molecule has 1 aromatic carbocycles. The number of nitrogens with one attached hydrogen (secondary N) is 1. The molecule has 1 N–H and O–H groups in total. The van der Waals surface area contributed by atoms with Gasteiger partial charge in [-0.15, -0.1) is 11.3 Å². The standard InChI is InChI=1S/C20H24FN3O3S/c1-13(22-19(25)17-6-7-18(28-17)20(26)27-3)15-12-14(21)4-5-16(15)24-10-8-23(2)9-11-24/h4-7,12-13H,8-11H2,1-3H3,(H,22,25). The molecule has 1 aliphatic rings. The smallest absolute Gasteiger partial charge is 0.348 e. The Kier molecular flexibility index (Phi) is 6.31. The molecule has 3 rings (SSSR count). The first-order valence-corrected chi connectivity index (χ1v) is 9.92. The summed E-state index contributed by atoms with van der Waals surface area (Å²) in [5.74, 6) is -1.11. The molecule has 1 aromatic heterocycles. The second kappa shape index (κ2) is 8.70. The SMILES string of the molecule is COC(=O)c1ccc(C(=O)NC(C)c2cc(F)ccc2N2CCN(C)CC2)s1. The Bertz CT molecular complexity index is 862. The molecule has 28 heavy (non-hydrogen) atoms. The van der Waals surface area contributed by atoms with E-state index >= 15 is 0 Å². The van der Waals surface area contributed by atoms with Gasteiger partial charge < -0.3 is 19.9 Å². The van der Waals surface area contributed by atoms with E-state index in [4.69, 9.17) is 0 Å². The van der Waals surface area contributed by atoms with Gasteiger partial charge in [-0.25, -0.2) is 9.18 Å². The highest BCUT2D eigenvalue weighted by atomic mass is 32.1. The number of nitrogens with zero attached hydrogens (tertiary/aromatic N) is 2. The average Bonchev–Trinajstić information content (AvgIpc) is 3.18. The van der Waals surface area contributed by atoms with Crippen LogP contribution in [0.3, 0.4) is 0 Å². The number of rotatable bonds is 5. The van der Waals surface area contributed by atoms with Crippen molar-refractivity contribution in [2.75, 3.05) is 45.2 Å². The highest BCUT2D eigenvalue weighted by molar-refractivity contribution is 7.15. The molecule has 8 heteroatoms. The lowest BCUT2D eigenvalue weighted by molar-refractivity contribution is 0.0606. The van der Waals surface area contributed by atoms with E-state index in [1.165, 1.54) is 19.2 Å². The molecule has 0 saturated carbocycles. The van der Waals surface area contributed by atoms with Gasteiger partial charge in [0.2, 0.25) is 0 Å². The third-order valence-electron chi connectivity index (χ3n) is 4.86. The molecule has 1 fully saturated rings. The van der Waals surface area contributed by atoms with Crippen LogP contribution in [0.25, 0.3) is 0 Å². The van der Waals surface area contributed by atoms with E-state index < -0.39 is 5.97 Å². The number of amides is 1. The number of ether oxygens (including phenoxy) is 1. The van der Waals surface area contributed by atoms with Gasteiger partial charge in [0.05, 0.1) is 18.0 Å². The van der Waals surface area contributed by atoms with Gasteiger partial charge in [-0.1, -0.05) is 0 Å². The van der Waals surface area contributed by atoms with Crippen molar-refractivity contribution in [3.63, 3.8) is 0 Å². The first-order valence-electron chi connectivity index (χ1n) is 9.11. The monoisotopic (exact) mass is 405 g/mol. The topological polar surface area (TPSA) is 61.9 Å². The highest BCUT2D eigenvalue weighted by Crippen LogP contribution is 2.29. The Morgan fingerprint density at radius 3 is 2.50 bits per heavy atom. The summed E-state index contributed by atoms with van der Waals surface area (Å²) >= 11 is 1.07. The minimum atomic E-state index is -0.473. The largest absolute Gasteiger partial charge is 0.465 e. The summed E-state index contributed by atoms with van der Waals surface area (Å²) in [5, 5.41) is 2.91. The minimum absolute atomic E-state index is 0.304. The molecule has 2 aromatic rings. The summed E-state index contributed by atoms with van der Waals surface area (Å²) in [6, 6.07) is 7.47. The lowest BCUT2D eigenvalue weighted by Crippen LogP contribution is -2.45. The number of hydrogen-bond donors (Lipinski definition) is 1. The second-order valence-electron chi connectivity index (χ2n) is 6.84. The van der Waals surface area contributed by atoms with E-state index in [-0.39, 0.29) is 17.8 Å². The predicted molar refractivity (Wildman–Crippen MR) is 108 cm³/mol. The Labute approximate surface area is 167 Å². The molecule has 0 radical (unpaired) electrons. The number of likely N-dealkylation sites (N-methyl/N-ethyl adjacent to an activating group) is 1. The summed E-state index contributed by atoms with van der Waals surface area (Å²) in [7, 11) is 3.38. The molecule has 0 aliphatic carbocycles. The number of esters is 1. The molecule has 1 saturated heterocycles. The molecular weight excluding hydrogens is 381 g/mol. The Morgan fingerprint density at radius 1 is 1.14 bits per heavy atom. The van der Waals surface area contributed by atoms with Gasteiger partial charge in [-0.05, 0) is 44.3 Å². The molecule has 2 heterocycles. The zero-order valence-electron chi connectivity index (χ0n) is 16.2. The number of piperazine rings is 1. The van der Waals surface area contributed by atoms with Crippen LogP contribution in [0.2, 0.25) is 0 Å². The van der Waals surface area contributed by atoms with Gasteiger partial charge >= 0.3 is 5.97 Å². The van der Waals surface area contributed by atoms with Crippen LogP contribution in [0.4, 0.5) is 10.1 Å². The third kappa shape index (κ3) is 4.51. The van der Waals surface area contributed by atoms with Gasteiger partial charge in [-0.3, -0.25) is 4.79 Å². The fourth-order valence-electron chi connectivity index (χ4n) is 3.22. The maximum atomic E-state index is 13.9. The van der Waals surface area contributed by atoms with Crippen molar-refractivity contribution in [3.05, 3.63) is 51.5 Å². The van der Waals surface area contributed by atoms with Gasteiger partial charge in [-0.2, -0.15) is 0 Å². The van der Waals surface area contributed by atoms with Crippen LogP contribution in [0, 0.1) is 5.82 Å². The molecule has 0 bridgehead atoms.